The summed E-state index contributed by atoms with van der Waals surface area (Å²) in [5.74, 6) is 2.60. The second-order valence-corrected chi connectivity index (χ2v) is 5.60. The molecule has 4 atom stereocenters. The molecule has 1 heterocycles. The average molecular weight is 211 g/mol. The van der Waals surface area contributed by atoms with Gasteiger partial charge >= 0.3 is 0 Å². The van der Waals surface area contributed by atoms with Crippen LogP contribution in [0, 0.1) is 17.8 Å². The van der Waals surface area contributed by atoms with Gasteiger partial charge in [0.25, 0.3) is 0 Å². The lowest BCUT2D eigenvalue weighted by Crippen LogP contribution is -2.32. The van der Waals surface area contributed by atoms with Crippen molar-refractivity contribution in [3.63, 3.8) is 0 Å². The van der Waals surface area contributed by atoms with Gasteiger partial charge in [0.15, 0.2) is 0 Å². The molecule has 0 amide bonds. The Kier molecular flexibility index (Phi) is 5.66. The molecule has 2 unspecified atom stereocenters. The SMILES string of the molecule is CCCCCCC(C)C1NC[C@H](C)[C@@H]1C. The molecule has 1 fully saturated rings. The van der Waals surface area contributed by atoms with Crippen LogP contribution in [0.3, 0.4) is 0 Å². The van der Waals surface area contributed by atoms with Crippen LogP contribution in [0.4, 0.5) is 0 Å². The Balaban J connectivity index is 2.19. The zero-order valence-electron chi connectivity index (χ0n) is 11.1. The van der Waals surface area contributed by atoms with Crippen molar-refractivity contribution in [2.45, 2.75) is 65.8 Å². The van der Waals surface area contributed by atoms with Crippen LogP contribution >= 0.6 is 0 Å². The first kappa shape index (κ1) is 13.0. The van der Waals surface area contributed by atoms with Crippen LogP contribution in [-0.4, -0.2) is 12.6 Å². The van der Waals surface area contributed by atoms with Crippen LogP contribution in [0.1, 0.15) is 59.8 Å². The zero-order valence-corrected chi connectivity index (χ0v) is 11.1. The summed E-state index contributed by atoms with van der Waals surface area (Å²) in [6, 6.07) is 0.779. The fraction of sp³-hybridized carbons (Fsp3) is 1.00. The van der Waals surface area contributed by atoms with Gasteiger partial charge in [0.05, 0.1) is 0 Å². The van der Waals surface area contributed by atoms with Crippen molar-refractivity contribution in [1.82, 2.24) is 5.32 Å². The van der Waals surface area contributed by atoms with Crippen molar-refractivity contribution in [3.8, 4) is 0 Å². The van der Waals surface area contributed by atoms with Crippen molar-refractivity contribution in [1.29, 1.82) is 0 Å². The summed E-state index contributed by atoms with van der Waals surface area (Å²) in [5, 5.41) is 3.70. The number of rotatable bonds is 6. The molecule has 0 saturated carbocycles. The van der Waals surface area contributed by atoms with Crippen molar-refractivity contribution in [3.05, 3.63) is 0 Å². The maximum atomic E-state index is 3.70. The molecule has 1 N–H and O–H groups in total. The summed E-state index contributed by atoms with van der Waals surface area (Å²) in [5.41, 5.74) is 0. The summed E-state index contributed by atoms with van der Waals surface area (Å²) < 4.78 is 0. The van der Waals surface area contributed by atoms with E-state index in [-0.39, 0.29) is 0 Å². The van der Waals surface area contributed by atoms with Crippen LogP contribution in [0.25, 0.3) is 0 Å². The van der Waals surface area contributed by atoms with Crippen LogP contribution < -0.4 is 5.32 Å². The van der Waals surface area contributed by atoms with Gasteiger partial charge in [0.2, 0.25) is 0 Å². The number of nitrogens with one attached hydrogen (secondary N) is 1. The van der Waals surface area contributed by atoms with Crippen molar-refractivity contribution >= 4 is 0 Å². The first-order chi connectivity index (χ1) is 7.16. The minimum absolute atomic E-state index is 0.779. The molecule has 1 rings (SSSR count). The van der Waals surface area contributed by atoms with Crippen LogP contribution in [0.2, 0.25) is 0 Å². The van der Waals surface area contributed by atoms with E-state index in [2.05, 4.69) is 33.0 Å². The van der Waals surface area contributed by atoms with E-state index in [4.69, 9.17) is 0 Å². The molecule has 0 aromatic carbocycles. The van der Waals surface area contributed by atoms with Gasteiger partial charge in [-0.3, -0.25) is 0 Å². The third-order valence-electron chi connectivity index (χ3n) is 4.27. The predicted molar refractivity (Wildman–Crippen MR) is 68.0 cm³/mol. The molecule has 90 valence electrons. The molecule has 0 aliphatic carbocycles. The lowest BCUT2D eigenvalue weighted by molar-refractivity contribution is 0.304. The Morgan fingerprint density at radius 3 is 2.47 bits per heavy atom. The molecule has 0 radical (unpaired) electrons. The smallest absolute Gasteiger partial charge is 0.0121 e. The highest BCUT2D eigenvalue weighted by molar-refractivity contribution is 4.88. The Hall–Kier alpha value is -0.0400. The summed E-state index contributed by atoms with van der Waals surface area (Å²) >= 11 is 0. The van der Waals surface area contributed by atoms with Gasteiger partial charge in [-0.1, -0.05) is 53.4 Å². The first-order valence-electron chi connectivity index (χ1n) is 6.90. The van der Waals surface area contributed by atoms with Crippen LogP contribution in [0.15, 0.2) is 0 Å². The molecule has 0 bridgehead atoms. The minimum atomic E-state index is 0.779. The highest BCUT2D eigenvalue weighted by Gasteiger charge is 2.32. The van der Waals surface area contributed by atoms with Gasteiger partial charge < -0.3 is 5.32 Å². The van der Waals surface area contributed by atoms with E-state index in [0.717, 1.165) is 23.8 Å². The second kappa shape index (κ2) is 6.52. The average Bonchev–Trinajstić information content (AvgIpc) is 2.55. The van der Waals surface area contributed by atoms with Gasteiger partial charge in [-0.05, 0) is 30.7 Å². The Morgan fingerprint density at radius 1 is 1.20 bits per heavy atom. The summed E-state index contributed by atoms with van der Waals surface area (Å²) in [7, 11) is 0. The molecule has 0 aromatic heterocycles. The van der Waals surface area contributed by atoms with E-state index >= 15 is 0 Å². The lowest BCUT2D eigenvalue weighted by atomic mass is 9.84. The molecule has 0 aromatic rings. The number of hydrogen-bond donors (Lipinski definition) is 1. The summed E-state index contributed by atoms with van der Waals surface area (Å²) in [6.07, 6.45) is 7.03. The maximum absolute atomic E-state index is 3.70. The quantitative estimate of drug-likeness (QED) is 0.658. The molecule has 1 aliphatic rings. The van der Waals surface area contributed by atoms with E-state index < -0.39 is 0 Å². The van der Waals surface area contributed by atoms with Gasteiger partial charge in [-0.25, -0.2) is 0 Å². The lowest BCUT2D eigenvalue weighted by Gasteiger charge is -2.24. The molecule has 1 heteroatoms. The van der Waals surface area contributed by atoms with Gasteiger partial charge in [0.1, 0.15) is 0 Å². The third kappa shape index (κ3) is 3.79. The van der Waals surface area contributed by atoms with Gasteiger partial charge in [-0.15, -0.1) is 0 Å². The van der Waals surface area contributed by atoms with Gasteiger partial charge in [0, 0.05) is 6.04 Å². The van der Waals surface area contributed by atoms with E-state index in [1.807, 2.05) is 0 Å². The van der Waals surface area contributed by atoms with Gasteiger partial charge in [-0.2, -0.15) is 0 Å². The Labute approximate surface area is 96.0 Å². The minimum Gasteiger partial charge on any atom is -0.313 e. The Morgan fingerprint density at radius 2 is 1.93 bits per heavy atom. The van der Waals surface area contributed by atoms with Crippen molar-refractivity contribution in [2.75, 3.05) is 6.54 Å². The van der Waals surface area contributed by atoms with Crippen molar-refractivity contribution in [2.24, 2.45) is 17.8 Å². The van der Waals surface area contributed by atoms with Crippen LogP contribution in [-0.2, 0) is 0 Å². The molecule has 15 heavy (non-hydrogen) atoms. The fourth-order valence-electron chi connectivity index (χ4n) is 2.84. The largest absolute Gasteiger partial charge is 0.313 e. The monoisotopic (exact) mass is 211 g/mol. The van der Waals surface area contributed by atoms with E-state index in [1.54, 1.807) is 0 Å². The molecule has 1 nitrogen and oxygen atoms in total. The van der Waals surface area contributed by atoms with Crippen LogP contribution in [0.5, 0.6) is 0 Å². The molecular weight excluding hydrogens is 182 g/mol. The van der Waals surface area contributed by atoms with E-state index in [9.17, 15) is 0 Å². The van der Waals surface area contributed by atoms with E-state index in [0.29, 0.717) is 0 Å². The number of hydrogen-bond acceptors (Lipinski definition) is 1. The highest BCUT2D eigenvalue weighted by Crippen LogP contribution is 2.28. The molecule has 1 aliphatic heterocycles. The second-order valence-electron chi connectivity index (χ2n) is 5.60. The topological polar surface area (TPSA) is 12.0 Å². The zero-order chi connectivity index (χ0) is 11.3. The van der Waals surface area contributed by atoms with Crippen molar-refractivity contribution < 1.29 is 0 Å². The molecule has 1 saturated heterocycles. The predicted octanol–water partition coefficient (Wildman–Crippen LogP) is 3.84. The number of unbranched alkanes of at least 4 members (excludes halogenated alkanes) is 3. The molecule has 0 spiro atoms. The standard InChI is InChI=1S/C14H29N/c1-5-6-7-8-9-11(2)14-13(4)12(3)10-15-14/h11-15H,5-10H2,1-4H3/t11?,12-,13-,14?/m0/s1. The third-order valence-corrected chi connectivity index (χ3v) is 4.27. The first-order valence-corrected chi connectivity index (χ1v) is 6.90. The highest BCUT2D eigenvalue weighted by atomic mass is 15.0. The normalized spacial score (nSPS) is 33.2. The summed E-state index contributed by atoms with van der Waals surface area (Å²) in [4.78, 5) is 0. The molecular formula is C14H29N. The maximum Gasteiger partial charge on any atom is 0.0121 e. The fourth-order valence-corrected chi connectivity index (χ4v) is 2.84. The van der Waals surface area contributed by atoms with E-state index in [1.165, 1.54) is 38.6 Å². The summed E-state index contributed by atoms with van der Waals surface area (Å²) in [6.45, 7) is 10.7. The Bertz CT molecular complexity index is 167.